The maximum atomic E-state index is 13.1. The third-order valence-electron chi connectivity index (χ3n) is 6.88. The van der Waals surface area contributed by atoms with Crippen LogP contribution in [0.4, 0.5) is 22.0 Å². The van der Waals surface area contributed by atoms with Gasteiger partial charge in [0, 0.05) is 67.6 Å². The molecule has 1 fully saturated rings. The van der Waals surface area contributed by atoms with Crippen molar-refractivity contribution in [1.29, 1.82) is 0 Å². The normalized spacial score (nSPS) is 13.7. The van der Waals surface area contributed by atoms with Crippen LogP contribution < -0.4 is 15.0 Å². The van der Waals surface area contributed by atoms with Crippen molar-refractivity contribution in [2.75, 3.05) is 50.5 Å². The molecule has 0 atom stereocenters. The van der Waals surface area contributed by atoms with Crippen LogP contribution in [0.3, 0.4) is 0 Å². The number of hydrogen-bond donors (Lipinski definition) is 1. The standard InChI is InChI=1S/C29H30N8O2/c1-20-16-21(4-7-26(20)39-23-8-10-35-11-9-30-27(35)18-23)33-28-24-17-22(5-6-25(24)31-19-32-28)37-15-14-36(29(37)38)13-12-34(2)3/h4-11,16-19H,12-15H2,1-3H3,(H,31,32,33). The molecule has 1 aliphatic heterocycles. The van der Waals surface area contributed by atoms with Gasteiger partial charge in [0.15, 0.2) is 0 Å². The van der Waals surface area contributed by atoms with Gasteiger partial charge in [0.2, 0.25) is 0 Å². The molecule has 5 aromatic rings. The molecular formula is C29H30N8O2. The molecular weight excluding hydrogens is 492 g/mol. The summed E-state index contributed by atoms with van der Waals surface area (Å²) in [7, 11) is 4.03. The lowest BCUT2D eigenvalue weighted by atomic mass is 10.1. The van der Waals surface area contributed by atoms with E-state index in [1.807, 2.05) is 96.1 Å². The van der Waals surface area contributed by atoms with Crippen LogP contribution in [0.15, 0.2) is 73.4 Å². The molecule has 0 radical (unpaired) electrons. The zero-order valence-electron chi connectivity index (χ0n) is 22.2. The Morgan fingerprint density at radius 3 is 2.74 bits per heavy atom. The van der Waals surface area contributed by atoms with Gasteiger partial charge in [-0.3, -0.25) is 4.90 Å². The number of carbonyl (C=O) groups is 1. The number of rotatable bonds is 8. The third kappa shape index (κ3) is 5.06. The van der Waals surface area contributed by atoms with E-state index in [-0.39, 0.29) is 6.03 Å². The number of aryl methyl sites for hydroxylation is 1. The second-order valence-corrected chi connectivity index (χ2v) is 9.91. The number of nitrogens with one attached hydrogen (secondary N) is 1. The minimum atomic E-state index is 0.0284. The Balaban J connectivity index is 1.21. The number of amides is 2. The quantitative estimate of drug-likeness (QED) is 0.309. The Morgan fingerprint density at radius 2 is 1.90 bits per heavy atom. The van der Waals surface area contributed by atoms with Crippen LogP contribution in [0, 0.1) is 6.92 Å². The molecule has 10 heteroatoms. The van der Waals surface area contributed by atoms with Crippen LogP contribution in [-0.4, -0.2) is 75.5 Å². The molecule has 1 aliphatic rings. The summed E-state index contributed by atoms with van der Waals surface area (Å²) in [6.07, 6.45) is 7.13. The predicted octanol–water partition coefficient (Wildman–Crippen LogP) is 4.93. The van der Waals surface area contributed by atoms with Gasteiger partial charge in [-0.15, -0.1) is 0 Å². The molecule has 0 unspecified atom stereocenters. The summed E-state index contributed by atoms with van der Waals surface area (Å²) in [6.45, 7) is 4.92. The van der Waals surface area contributed by atoms with Crippen LogP contribution >= 0.6 is 0 Å². The number of nitrogens with zero attached hydrogens (tertiary/aromatic N) is 7. The van der Waals surface area contributed by atoms with Gasteiger partial charge in [0.05, 0.1) is 5.52 Å². The summed E-state index contributed by atoms with van der Waals surface area (Å²) in [6, 6.07) is 15.6. The summed E-state index contributed by atoms with van der Waals surface area (Å²) >= 11 is 0. The monoisotopic (exact) mass is 522 g/mol. The number of anilines is 3. The Kier molecular flexibility index (Phi) is 6.45. The Labute approximate surface area is 226 Å². The molecule has 0 bridgehead atoms. The number of urea groups is 1. The van der Waals surface area contributed by atoms with E-state index >= 15 is 0 Å². The molecule has 198 valence electrons. The molecule has 4 heterocycles. The molecule has 2 amide bonds. The number of ether oxygens (including phenoxy) is 1. The maximum Gasteiger partial charge on any atom is 0.324 e. The fourth-order valence-corrected chi connectivity index (χ4v) is 4.72. The molecule has 6 rings (SSSR count). The fourth-order valence-electron chi connectivity index (χ4n) is 4.72. The highest BCUT2D eigenvalue weighted by Crippen LogP contribution is 2.32. The highest BCUT2D eigenvalue weighted by atomic mass is 16.5. The smallest absolute Gasteiger partial charge is 0.324 e. The van der Waals surface area contributed by atoms with E-state index in [0.29, 0.717) is 25.5 Å². The molecule has 0 aliphatic carbocycles. The zero-order valence-corrected chi connectivity index (χ0v) is 22.2. The molecule has 1 saturated heterocycles. The predicted molar refractivity (Wildman–Crippen MR) is 152 cm³/mol. The summed E-state index contributed by atoms with van der Waals surface area (Å²) in [5.74, 6) is 2.16. The highest BCUT2D eigenvalue weighted by molar-refractivity contribution is 5.99. The Morgan fingerprint density at radius 1 is 1.00 bits per heavy atom. The lowest BCUT2D eigenvalue weighted by Gasteiger charge is -2.20. The number of pyridine rings is 1. The molecule has 2 aromatic carbocycles. The van der Waals surface area contributed by atoms with E-state index < -0.39 is 0 Å². The molecule has 0 saturated carbocycles. The van der Waals surface area contributed by atoms with E-state index in [9.17, 15) is 4.79 Å². The van der Waals surface area contributed by atoms with Crippen LogP contribution in [0.25, 0.3) is 16.6 Å². The topological polar surface area (TPSA) is 91.1 Å². The number of likely N-dealkylation sites (N-methyl/N-ethyl adjacent to an activating group) is 1. The highest BCUT2D eigenvalue weighted by Gasteiger charge is 2.29. The number of fused-ring (bicyclic) bond motifs is 2. The first-order chi connectivity index (χ1) is 18.9. The van der Waals surface area contributed by atoms with E-state index in [2.05, 4.69) is 25.2 Å². The van der Waals surface area contributed by atoms with Gasteiger partial charge < -0.3 is 24.3 Å². The first-order valence-corrected chi connectivity index (χ1v) is 12.9. The SMILES string of the molecule is Cc1cc(Nc2ncnc3ccc(N4CCN(CCN(C)C)C4=O)cc23)ccc1Oc1ccn2ccnc2c1. The average molecular weight is 523 g/mol. The van der Waals surface area contributed by atoms with Crippen molar-refractivity contribution in [3.8, 4) is 11.5 Å². The molecule has 1 N–H and O–H groups in total. The zero-order chi connectivity index (χ0) is 26.9. The molecule has 10 nitrogen and oxygen atoms in total. The van der Waals surface area contributed by atoms with Crippen molar-refractivity contribution in [2.24, 2.45) is 0 Å². The van der Waals surface area contributed by atoms with E-state index in [1.165, 1.54) is 0 Å². The lowest BCUT2D eigenvalue weighted by Crippen LogP contribution is -2.36. The van der Waals surface area contributed by atoms with Crippen molar-refractivity contribution in [1.82, 2.24) is 29.2 Å². The van der Waals surface area contributed by atoms with Crippen LogP contribution in [0.1, 0.15) is 5.56 Å². The second kappa shape index (κ2) is 10.2. The first-order valence-electron chi connectivity index (χ1n) is 12.9. The van der Waals surface area contributed by atoms with Gasteiger partial charge in [-0.05, 0) is 69.0 Å². The van der Waals surface area contributed by atoms with Crippen molar-refractivity contribution in [2.45, 2.75) is 6.92 Å². The van der Waals surface area contributed by atoms with Crippen molar-refractivity contribution < 1.29 is 9.53 Å². The number of benzene rings is 2. The van der Waals surface area contributed by atoms with Gasteiger partial charge in [-0.2, -0.15) is 0 Å². The second-order valence-electron chi connectivity index (χ2n) is 9.91. The Hall–Kier alpha value is -4.70. The summed E-state index contributed by atoms with van der Waals surface area (Å²) in [5, 5.41) is 4.28. The third-order valence-corrected chi connectivity index (χ3v) is 6.88. The van der Waals surface area contributed by atoms with Gasteiger partial charge in [-0.1, -0.05) is 0 Å². The van der Waals surface area contributed by atoms with Gasteiger partial charge in [0.25, 0.3) is 0 Å². The lowest BCUT2D eigenvalue weighted by molar-refractivity contribution is 0.215. The van der Waals surface area contributed by atoms with Crippen molar-refractivity contribution in [3.05, 3.63) is 79.0 Å². The average Bonchev–Trinajstić information content (AvgIpc) is 3.55. The van der Waals surface area contributed by atoms with Crippen molar-refractivity contribution >= 4 is 39.8 Å². The minimum Gasteiger partial charge on any atom is -0.457 e. The number of imidazole rings is 1. The molecule has 3 aromatic heterocycles. The maximum absolute atomic E-state index is 13.1. The Bertz CT molecular complexity index is 1660. The number of carbonyl (C=O) groups excluding carboxylic acids is 1. The van der Waals surface area contributed by atoms with Crippen LogP contribution in [0.2, 0.25) is 0 Å². The number of hydrogen-bond acceptors (Lipinski definition) is 7. The number of aromatic nitrogens is 4. The van der Waals surface area contributed by atoms with Gasteiger partial charge >= 0.3 is 6.03 Å². The van der Waals surface area contributed by atoms with Crippen molar-refractivity contribution in [3.63, 3.8) is 0 Å². The van der Waals surface area contributed by atoms with Gasteiger partial charge in [0.1, 0.15) is 29.3 Å². The van der Waals surface area contributed by atoms with Crippen LogP contribution in [-0.2, 0) is 0 Å². The molecule has 39 heavy (non-hydrogen) atoms. The van der Waals surface area contributed by atoms with E-state index in [0.717, 1.165) is 51.5 Å². The molecule has 0 spiro atoms. The minimum absolute atomic E-state index is 0.0284. The summed E-state index contributed by atoms with van der Waals surface area (Å²) < 4.78 is 8.07. The largest absolute Gasteiger partial charge is 0.457 e. The van der Waals surface area contributed by atoms with Gasteiger partial charge in [-0.25, -0.2) is 19.7 Å². The van der Waals surface area contributed by atoms with E-state index in [4.69, 9.17) is 4.74 Å². The fraction of sp³-hybridized carbons (Fsp3) is 0.241. The van der Waals surface area contributed by atoms with Crippen LogP contribution in [0.5, 0.6) is 11.5 Å². The van der Waals surface area contributed by atoms with E-state index in [1.54, 1.807) is 12.5 Å². The summed E-state index contributed by atoms with van der Waals surface area (Å²) in [4.78, 5) is 32.1. The first kappa shape index (κ1) is 24.6. The summed E-state index contributed by atoms with van der Waals surface area (Å²) in [5.41, 5.74) is 4.32.